The Morgan fingerprint density at radius 1 is 1.44 bits per heavy atom. The third-order valence-electron chi connectivity index (χ3n) is 2.80. The average Bonchev–Trinajstić information content (AvgIpc) is 2.57. The van der Waals surface area contributed by atoms with Crippen LogP contribution in [0.1, 0.15) is 12.8 Å². The van der Waals surface area contributed by atoms with E-state index < -0.39 is 0 Å². The maximum Gasteiger partial charge on any atom is 0.243 e. The highest BCUT2D eigenvalue weighted by Crippen LogP contribution is 2.21. The highest BCUT2D eigenvalue weighted by atomic mass is 19.1. The van der Waals surface area contributed by atoms with Gasteiger partial charge in [-0.25, -0.2) is 8.91 Å². The highest BCUT2D eigenvalue weighted by molar-refractivity contribution is 5.43. The molecule has 1 aliphatic rings. The number of pyridine rings is 1. The van der Waals surface area contributed by atoms with Gasteiger partial charge in [0.1, 0.15) is 5.82 Å². The average molecular weight is 221 g/mol. The lowest BCUT2D eigenvalue weighted by Gasteiger charge is -2.32. The molecule has 1 aliphatic carbocycles. The Hall–Kier alpha value is -1.69. The molecule has 6 heteroatoms. The molecule has 2 aromatic rings. The van der Waals surface area contributed by atoms with E-state index in [-0.39, 0.29) is 11.9 Å². The predicted octanol–water partition coefficient (Wildman–Crippen LogP) is 0.770. The van der Waals surface area contributed by atoms with E-state index in [9.17, 15) is 4.39 Å². The lowest BCUT2D eigenvalue weighted by atomic mass is 9.88. The lowest BCUT2D eigenvalue weighted by Crippen LogP contribution is -2.44. The number of nitrogens with two attached hydrogens (primary N) is 1. The predicted molar refractivity (Wildman–Crippen MR) is 57.6 cm³/mol. The molecule has 1 fully saturated rings. The summed E-state index contributed by atoms with van der Waals surface area (Å²) in [6, 6.07) is 3.59. The van der Waals surface area contributed by atoms with E-state index in [0.29, 0.717) is 17.6 Å². The molecule has 3 rings (SSSR count). The van der Waals surface area contributed by atoms with Crippen LogP contribution in [0.5, 0.6) is 0 Å². The van der Waals surface area contributed by atoms with Crippen LogP contribution in [0.3, 0.4) is 0 Å². The van der Waals surface area contributed by atoms with E-state index in [1.807, 2.05) is 0 Å². The van der Waals surface area contributed by atoms with Gasteiger partial charge in [0.25, 0.3) is 0 Å². The van der Waals surface area contributed by atoms with Crippen molar-refractivity contribution in [3.05, 3.63) is 24.1 Å². The van der Waals surface area contributed by atoms with Crippen LogP contribution >= 0.6 is 0 Å². The summed E-state index contributed by atoms with van der Waals surface area (Å²) < 4.78 is 14.3. The van der Waals surface area contributed by atoms with E-state index in [1.165, 1.54) is 16.8 Å². The van der Waals surface area contributed by atoms with Crippen LogP contribution in [-0.2, 0) is 0 Å². The standard InChI is InChI=1S/C10H12FN5/c11-6-1-2-9-14-10(15-16(9)5-6)13-8-3-7(12)4-8/h1-2,5,7-8H,3-4,12H2,(H,13,15). The van der Waals surface area contributed by atoms with Gasteiger partial charge in [0.2, 0.25) is 5.95 Å². The topological polar surface area (TPSA) is 68.2 Å². The molecule has 0 bridgehead atoms. The SMILES string of the molecule is NC1CC(Nc2nc3ccc(F)cn3n2)C1. The van der Waals surface area contributed by atoms with E-state index in [0.717, 1.165) is 12.8 Å². The number of aromatic nitrogens is 3. The molecular weight excluding hydrogens is 209 g/mol. The van der Waals surface area contributed by atoms with Gasteiger partial charge in [-0.1, -0.05) is 0 Å². The largest absolute Gasteiger partial charge is 0.350 e. The molecule has 2 aromatic heterocycles. The van der Waals surface area contributed by atoms with Crippen molar-refractivity contribution in [1.82, 2.24) is 14.6 Å². The summed E-state index contributed by atoms with van der Waals surface area (Å²) in [5.74, 6) is 0.206. The summed E-state index contributed by atoms with van der Waals surface area (Å²) in [7, 11) is 0. The van der Waals surface area contributed by atoms with Crippen molar-refractivity contribution in [3.63, 3.8) is 0 Å². The van der Waals surface area contributed by atoms with Crippen molar-refractivity contribution >= 4 is 11.6 Å². The van der Waals surface area contributed by atoms with Gasteiger partial charge in [0.15, 0.2) is 5.65 Å². The third kappa shape index (κ3) is 1.61. The first-order valence-electron chi connectivity index (χ1n) is 5.25. The van der Waals surface area contributed by atoms with Gasteiger partial charge in [-0.2, -0.15) is 4.98 Å². The molecule has 0 radical (unpaired) electrons. The van der Waals surface area contributed by atoms with Crippen LogP contribution in [0.15, 0.2) is 18.3 Å². The fraction of sp³-hybridized carbons (Fsp3) is 0.400. The molecular formula is C10H12FN5. The van der Waals surface area contributed by atoms with Gasteiger partial charge in [-0.3, -0.25) is 0 Å². The fourth-order valence-corrected chi connectivity index (χ4v) is 1.88. The number of nitrogens with zero attached hydrogens (tertiary/aromatic N) is 3. The van der Waals surface area contributed by atoms with Crippen molar-refractivity contribution < 1.29 is 4.39 Å². The monoisotopic (exact) mass is 221 g/mol. The highest BCUT2D eigenvalue weighted by Gasteiger charge is 2.26. The molecule has 5 nitrogen and oxygen atoms in total. The second kappa shape index (κ2) is 3.41. The van der Waals surface area contributed by atoms with Gasteiger partial charge in [-0.15, -0.1) is 5.10 Å². The number of anilines is 1. The number of rotatable bonds is 2. The summed E-state index contributed by atoms with van der Waals surface area (Å²) in [4.78, 5) is 4.23. The first kappa shape index (κ1) is 9.53. The van der Waals surface area contributed by atoms with Crippen LogP contribution in [0, 0.1) is 5.82 Å². The summed E-state index contributed by atoms with van der Waals surface area (Å²) in [6.07, 6.45) is 3.17. The maximum absolute atomic E-state index is 12.9. The molecule has 0 aromatic carbocycles. The van der Waals surface area contributed by atoms with Crippen molar-refractivity contribution in [1.29, 1.82) is 0 Å². The number of halogens is 1. The summed E-state index contributed by atoms with van der Waals surface area (Å²) in [6.45, 7) is 0. The smallest absolute Gasteiger partial charge is 0.243 e. The Morgan fingerprint density at radius 2 is 2.25 bits per heavy atom. The Bertz CT molecular complexity index is 517. The first-order valence-corrected chi connectivity index (χ1v) is 5.25. The summed E-state index contributed by atoms with van der Waals surface area (Å²) >= 11 is 0. The zero-order valence-electron chi connectivity index (χ0n) is 8.60. The second-order valence-corrected chi connectivity index (χ2v) is 4.16. The van der Waals surface area contributed by atoms with E-state index in [2.05, 4.69) is 15.4 Å². The Balaban J connectivity index is 1.82. The van der Waals surface area contributed by atoms with Crippen molar-refractivity contribution in [3.8, 4) is 0 Å². The molecule has 0 atom stereocenters. The van der Waals surface area contributed by atoms with Crippen LogP contribution in [0.2, 0.25) is 0 Å². The van der Waals surface area contributed by atoms with Crippen LogP contribution in [0.4, 0.5) is 10.3 Å². The quantitative estimate of drug-likeness (QED) is 0.786. The van der Waals surface area contributed by atoms with Crippen molar-refractivity contribution in [2.75, 3.05) is 5.32 Å². The van der Waals surface area contributed by atoms with Crippen molar-refractivity contribution in [2.45, 2.75) is 24.9 Å². The van der Waals surface area contributed by atoms with E-state index in [4.69, 9.17) is 5.73 Å². The minimum Gasteiger partial charge on any atom is -0.350 e. The molecule has 1 saturated carbocycles. The summed E-state index contributed by atoms with van der Waals surface area (Å²) in [5, 5.41) is 7.31. The normalized spacial score (nSPS) is 24.4. The minimum atomic E-state index is -0.324. The molecule has 84 valence electrons. The Kier molecular flexibility index (Phi) is 2.03. The van der Waals surface area contributed by atoms with Crippen LogP contribution in [-0.4, -0.2) is 26.7 Å². The van der Waals surface area contributed by atoms with Crippen molar-refractivity contribution in [2.24, 2.45) is 5.73 Å². The Labute approximate surface area is 91.5 Å². The number of fused-ring (bicyclic) bond motifs is 1. The molecule has 0 saturated heterocycles. The molecule has 0 amide bonds. The van der Waals surface area contributed by atoms with Gasteiger partial charge >= 0.3 is 0 Å². The van der Waals surface area contributed by atoms with Crippen LogP contribution in [0.25, 0.3) is 5.65 Å². The second-order valence-electron chi connectivity index (χ2n) is 4.16. The lowest BCUT2D eigenvalue weighted by molar-refractivity contribution is 0.372. The Morgan fingerprint density at radius 3 is 3.00 bits per heavy atom. The molecule has 0 aliphatic heterocycles. The van der Waals surface area contributed by atoms with Gasteiger partial charge in [-0.05, 0) is 25.0 Å². The number of hydrogen-bond acceptors (Lipinski definition) is 4. The van der Waals surface area contributed by atoms with E-state index >= 15 is 0 Å². The van der Waals surface area contributed by atoms with Gasteiger partial charge in [0, 0.05) is 12.1 Å². The van der Waals surface area contributed by atoms with Gasteiger partial charge in [0.05, 0.1) is 6.20 Å². The minimum absolute atomic E-state index is 0.284. The van der Waals surface area contributed by atoms with Gasteiger partial charge < -0.3 is 11.1 Å². The van der Waals surface area contributed by atoms with Crippen LogP contribution < -0.4 is 11.1 Å². The maximum atomic E-state index is 12.9. The third-order valence-corrected chi connectivity index (χ3v) is 2.80. The molecule has 2 heterocycles. The van der Waals surface area contributed by atoms with E-state index in [1.54, 1.807) is 6.07 Å². The summed E-state index contributed by atoms with van der Waals surface area (Å²) in [5.41, 5.74) is 6.31. The number of hydrogen-bond donors (Lipinski definition) is 2. The zero-order valence-corrected chi connectivity index (χ0v) is 8.60. The zero-order chi connectivity index (χ0) is 11.1. The molecule has 0 spiro atoms. The number of nitrogens with one attached hydrogen (secondary N) is 1. The molecule has 3 N–H and O–H groups in total. The molecule has 0 unspecified atom stereocenters. The fourth-order valence-electron chi connectivity index (χ4n) is 1.88. The molecule has 16 heavy (non-hydrogen) atoms. The first-order chi connectivity index (χ1) is 7.70.